The van der Waals surface area contributed by atoms with Crippen LogP contribution in [-0.4, -0.2) is 50.2 Å². The van der Waals surface area contributed by atoms with E-state index in [0.717, 1.165) is 28.2 Å². The summed E-state index contributed by atoms with van der Waals surface area (Å²) in [6.07, 6.45) is 0.479. The number of halogens is 1. The monoisotopic (exact) mass is 640 g/mol. The standard InChI is InChI=1S/C33H29FN6O3S2/c1-43-26-15-11-23(12-16-26)27-18-28(24-9-13-25(34)14-10-24)40(38-27)31(41)21-45-33-37-36-30(19-35-32(42)29-8-5-17-44-29)39(33)20-22-6-3-2-4-7-22/h2-17,28H,18-21H2,1H3,(H,35,42). The summed E-state index contributed by atoms with van der Waals surface area (Å²) in [5.41, 5.74) is 3.45. The number of nitrogens with one attached hydrogen (secondary N) is 1. The minimum atomic E-state index is -0.388. The first kappa shape index (κ1) is 30.2. The summed E-state index contributed by atoms with van der Waals surface area (Å²) in [5.74, 6) is 0.591. The van der Waals surface area contributed by atoms with Crippen molar-refractivity contribution < 1.29 is 18.7 Å². The van der Waals surface area contributed by atoms with Crippen LogP contribution in [0, 0.1) is 5.82 Å². The van der Waals surface area contributed by atoms with E-state index in [2.05, 4.69) is 15.5 Å². The highest BCUT2D eigenvalue weighted by Gasteiger charge is 2.33. The number of hydrazone groups is 1. The lowest BCUT2D eigenvalue weighted by molar-refractivity contribution is -0.130. The van der Waals surface area contributed by atoms with Crippen molar-refractivity contribution in [2.45, 2.75) is 30.7 Å². The molecule has 6 rings (SSSR count). The Balaban J connectivity index is 1.22. The SMILES string of the molecule is COc1ccc(C2=NN(C(=O)CSc3nnc(CNC(=O)c4cccs4)n3Cc3ccccc3)C(c3ccc(F)cc3)C2)cc1. The first-order valence-electron chi connectivity index (χ1n) is 14.2. The molecule has 0 fully saturated rings. The van der Waals surface area contributed by atoms with Gasteiger partial charge in [0.05, 0.1) is 42.6 Å². The molecule has 45 heavy (non-hydrogen) atoms. The van der Waals surface area contributed by atoms with Crippen molar-refractivity contribution in [3.8, 4) is 5.75 Å². The number of amides is 2. The Morgan fingerprint density at radius 1 is 1.00 bits per heavy atom. The van der Waals surface area contributed by atoms with Gasteiger partial charge >= 0.3 is 0 Å². The van der Waals surface area contributed by atoms with Gasteiger partial charge in [-0.1, -0.05) is 60.3 Å². The van der Waals surface area contributed by atoms with Gasteiger partial charge in [0.15, 0.2) is 11.0 Å². The number of methoxy groups -OCH3 is 1. The molecule has 1 aliphatic heterocycles. The second-order valence-corrected chi connectivity index (χ2v) is 12.1. The van der Waals surface area contributed by atoms with Crippen LogP contribution in [0.2, 0.25) is 0 Å². The minimum absolute atomic E-state index is 0.0472. The zero-order chi connectivity index (χ0) is 31.2. The van der Waals surface area contributed by atoms with Crippen LogP contribution in [0.4, 0.5) is 4.39 Å². The van der Waals surface area contributed by atoms with Crippen molar-refractivity contribution in [3.05, 3.63) is 130 Å². The molecule has 1 aliphatic rings. The Hall–Kier alpha value is -4.81. The Kier molecular flexibility index (Phi) is 9.32. The smallest absolute Gasteiger partial charge is 0.261 e. The summed E-state index contributed by atoms with van der Waals surface area (Å²) in [6, 6.07) is 26.7. The maximum Gasteiger partial charge on any atom is 0.261 e. The number of hydrogen-bond donors (Lipinski definition) is 1. The Morgan fingerprint density at radius 3 is 2.49 bits per heavy atom. The normalized spacial score (nSPS) is 14.3. The number of carbonyl (C=O) groups is 2. The molecule has 228 valence electrons. The quantitative estimate of drug-likeness (QED) is 0.180. The summed E-state index contributed by atoms with van der Waals surface area (Å²) in [6.45, 7) is 0.648. The molecule has 12 heteroatoms. The lowest BCUT2D eigenvalue weighted by Crippen LogP contribution is -2.28. The van der Waals surface area contributed by atoms with Gasteiger partial charge in [-0.3, -0.25) is 9.59 Å². The summed E-state index contributed by atoms with van der Waals surface area (Å²) in [7, 11) is 1.61. The largest absolute Gasteiger partial charge is 0.497 e. The van der Waals surface area contributed by atoms with Crippen LogP contribution in [-0.2, 0) is 17.9 Å². The van der Waals surface area contributed by atoms with E-state index in [1.807, 2.05) is 70.6 Å². The van der Waals surface area contributed by atoms with Crippen molar-refractivity contribution in [3.63, 3.8) is 0 Å². The lowest BCUT2D eigenvalue weighted by atomic mass is 9.98. The number of ether oxygens (including phenoxy) is 1. The molecule has 0 bridgehead atoms. The van der Waals surface area contributed by atoms with Crippen LogP contribution >= 0.6 is 23.1 Å². The molecule has 1 N–H and O–H groups in total. The molecular weight excluding hydrogens is 612 g/mol. The summed E-state index contributed by atoms with van der Waals surface area (Å²) < 4.78 is 21.0. The molecule has 0 radical (unpaired) electrons. The highest BCUT2D eigenvalue weighted by molar-refractivity contribution is 7.99. The van der Waals surface area contributed by atoms with Gasteiger partial charge in [0.2, 0.25) is 0 Å². The van der Waals surface area contributed by atoms with Crippen LogP contribution in [0.3, 0.4) is 0 Å². The van der Waals surface area contributed by atoms with Crippen LogP contribution in [0.15, 0.2) is 107 Å². The molecule has 3 aromatic carbocycles. The lowest BCUT2D eigenvalue weighted by Gasteiger charge is -2.22. The summed E-state index contributed by atoms with van der Waals surface area (Å²) in [5, 5.41) is 20.3. The average molecular weight is 641 g/mol. The van der Waals surface area contributed by atoms with Crippen molar-refractivity contribution in [2.75, 3.05) is 12.9 Å². The molecular formula is C33H29FN6O3S2. The van der Waals surface area contributed by atoms with E-state index < -0.39 is 0 Å². The van der Waals surface area contributed by atoms with Crippen molar-refractivity contribution in [1.82, 2.24) is 25.1 Å². The van der Waals surface area contributed by atoms with E-state index >= 15 is 0 Å². The van der Waals surface area contributed by atoms with E-state index in [1.165, 1.54) is 40.2 Å². The third kappa shape index (κ3) is 7.13. The molecule has 0 saturated carbocycles. The zero-order valence-electron chi connectivity index (χ0n) is 24.3. The molecule has 1 atom stereocenters. The van der Waals surface area contributed by atoms with Crippen LogP contribution in [0.25, 0.3) is 0 Å². The molecule has 9 nitrogen and oxygen atoms in total. The second-order valence-electron chi connectivity index (χ2n) is 10.2. The predicted octanol–water partition coefficient (Wildman–Crippen LogP) is 5.94. The fraction of sp³-hybridized carbons (Fsp3) is 0.182. The fourth-order valence-corrected chi connectivity index (χ4v) is 6.42. The number of rotatable bonds is 11. The Bertz CT molecular complexity index is 1790. The number of aromatic nitrogens is 3. The molecule has 5 aromatic rings. The van der Waals surface area contributed by atoms with Gasteiger partial charge in [-0.15, -0.1) is 21.5 Å². The minimum Gasteiger partial charge on any atom is -0.497 e. The van der Waals surface area contributed by atoms with Gasteiger partial charge in [0.25, 0.3) is 11.8 Å². The van der Waals surface area contributed by atoms with Crippen molar-refractivity contribution >= 4 is 40.6 Å². The molecule has 0 spiro atoms. The van der Waals surface area contributed by atoms with E-state index in [1.54, 1.807) is 25.3 Å². The molecule has 2 amide bonds. The zero-order valence-corrected chi connectivity index (χ0v) is 25.9. The molecule has 0 saturated heterocycles. The summed E-state index contributed by atoms with van der Waals surface area (Å²) in [4.78, 5) is 27.0. The summed E-state index contributed by atoms with van der Waals surface area (Å²) >= 11 is 2.62. The predicted molar refractivity (Wildman–Crippen MR) is 172 cm³/mol. The number of hydrogen-bond acceptors (Lipinski definition) is 8. The average Bonchev–Trinajstić information content (AvgIpc) is 3.85. The number of benzene rings is 3. The van der Waals surface area contributed by atoms with Crippen molar-refractivity contribution in [1.29, 1.82) is 0 Å². The van der Waals surface area contributed by atoms with Crippen LogP contribution < -0.4 is 10.1 Å². The van der Waals surface area contributed by atoms with E-state index in [9.17, 15) is 14.0 Å². The third-order valence-corrected chi connectivity index (χ3v) is 9.12. The van der Waals surface area contributed by atoms with Gasteiger partial charge in [0, 0.05) is 6.42 Å². The topological polar surface area (TPSA) is 102 Å². The first-order valence-corrected chi connectivity index (χ1v) is 16.0. The van der Waals surface area contributed by atoms with Gasteiger partial charge in [-0.25, -0.2) is 9.40 Å². The van der Waals surface area contributed by atoms with E-state index in [-0.39, 0.29) is 36.0 Å². The number of nitrogens with zero attached hydrogens (tertiary/aromatic N) is 5. The maximum absolute atomic E-state index is 13.8. The van der Waals surface area contributed by atoms with E-state index in [4.69, 9.17) is 9.84 Å². The van der Waals surface area contributed by atoms with E-state index in [0.29, 0.717) is 28.8 Å². The van der Waals surface area contributed by atoms with Gasteiger partial charge in [-0.2, -0.15) is 5.10 Å². The van der Waals surface area contributed by atoms with Gasteiger partial charge < -0.3 is 14.6 Å². The van der Waals surface area contributed by atoms with Crippen LogP contribution in [0.1, 0.15) is 44.6 Å². The first-order chi connectivity index (χ1) is 22.0. The molecule has 0 aliphatic carbocycles. The number of thioether (sulfide) groups is 1. The Morgan fingerprint density at radius 2 is 1.78 bits per heavy atom. The maximum atomic E-state index is 13.8. The highest BCUT2D eigenvalue weighted by Crippen LogP contribution is 2.34. The second kappa shape index (κ2) is 13.9. The number of carbonyl (C=O) groups excluding carboxylic acids is 2. The molecule has 3 heterocycles. The number of thiophene rings is 1. The molecule has 2 aromatic heterocycles. The Labute approximate surface area is 267 Å². The highest BCUT2D eigenvalue weighted by atomic mass is 32.2. The molecule has 1 unspecified atom stereocenters. The van der Waals surface area contributed by atoms with Gasteiger partial charge in [0.1, 0.15) is 11.6 Å². The van der Waals surface area contributed by atoms with Gasteiger partial charge in [-0.05, 0) is 64.5 Å². The fourth-order valence-electron chi connectivity index (χ4n) is 4.97. The van der Waals surface area contributed by atoms with Crippen LogP contribution in [0.5, 0.6) is 5.75 Å². The van der Waals surface area contributed by atoms with Crippen molar-refractivity contribution in [2.24, 2.45) is 5.10 Å². The third-order valence-electron chi connectivity index (χ3n) is 7.30.